The molecule has 2 rings (SSSR count). The lowest BCUT2D eigenvalue weighted by Crippen LogP contribution is -2.18. The van der Waals surface area contributed by atoms with Crippen molar-refractivity contribution in [1.82, 2.24) is 9.99 Å². The molecule has 0 saturated carbocycles. The molecule has 8 heteroatoms. The Morgan fingerprint density at radius 2 is 1.81 bits per heavy atom. The zero-order valence-corrected chi connectivity index (χ0v) is 15.3. The van der Waals surface area contributed by atoms with Crippen molar-refractivity contribution in [2.45, 2.75) is 6.92 Å². The van der Waals surface area contributed by atoms with Gasteiger partial charge in [0.15, 0.2) is 11.5 Å². The van der Waals surface area contributed by atoms with Crippen LogP contribution in [0.25, 0.3) is 0 Å². The Balaban J connectivity index is 2.22. The lowest BCUT2D eigenvalue weighted by Gasteiger charge is -2.13. The Bertz CT molecular complexity index is 868. The van der Waals surface area contributed by atoms with E-state index in [0.29, 0.717) is 28.5 Å². The zero-order chi connectivity index (χ0) is 19.3. The van der Waals surface area contributed by atoms with Crippen molar-refractivity contribution in [3.8, 4) is 23.3 Å². The van der Waals surface area contributed by atoms with Gasteiger partial charge in [-0.3, -0.25) is 4.79 Å². The molecule has 8 nitrogen and oxygen atoms in total. The number of aromatic nitrogens is 1. The van der Waals surface area contributed by atoms with Crippen LogP contribution in [0.15, 0.2) is 23.3 Å². The molecule has 0 saturated heterocycles. The topological polar surface area (TPSA) is 97.9 Å². The third kappa shape index (κ3) is 3.62. The number of amides is 1. The van der Waals surface area contributed by atoms with Gasteiger partial charge in [-0.2, -0.15) is 10.4 Å². The summed E-state index contributed by atoms with van der Waals surface area (Å²) in [4.78, 5) is 12.3. The Kier molecular flexibility index (Phi) is 5.86. The predicted molar refractivity (Wildman–Crippen MR) is 96.0 cm³/mol. The quantitative estimate of drug-likeness (QED) is 0.630. The number of hydrogen-bond donors (Lipinski definition) is 1. The maximum atomic E-state index is 12.3. The molecule has 0 fully saturated rings. The van der Waals surface area contributed by atoms with Crippen molar-refractivity contribution in [2.24, 2.45) is 12.1 Å². The number of hydrogen-bond acceptors (Lipinski definition) is 6. The first-order valence-electron chi connectivity index (χ1n) is 7.66. The smallest absolute Gasteiger partial charge is 0.271 e. The van der Waals surface area contributed by atoms with Gasteiger partial charge in [-0.05, 0) is 25.1 Å². The summed E-state index contributed by atoms with van der Waals surface area (Å²) in [6, 6.07) is 6.86. The standard InChI is InChI=1S/C18H20N4O4/c1-11-13(6-14(9-19)22(11)2)10-20-21-18(23)12-7-15(24-3)17(26-5)16(8-12)25-4/h6-8,10H,1-5H3,(H,21,23)/b20-10-. The lowest BCUT2D eigenvalue weighted by atomic mass is 10.1. The minimum Gasteiger partial charge on any atom is -0.493 e. The number of carbonyl (C=O) groups is 1. The number of carbonyl (C=O) groups excluding carboxylic acids is 1. The van der Waals surface area contributed by atoms with Gasteiger partial charge in [-0.25, -0.2) is 5.43 Å². The SMILES string of the molecule is COc1cc(C(=O)N/N=C\c2cc(C#N)n(C)c2C)cc(OC)c1OC. The van der Waals surface area contributed by atoms with Crippen LogP contribution in [0.5, 0.6) is 17.2 Å². The average Bonchev–Trinajstić information content (AvgIpc) is 2.94. The third-order valence-electron chi connectivity index (χ3n) is 3.99. The molecule has 0 bridgehead atoms. The highest BCUT2D eigenvalue weighted by molar-refractivity contribution is 5.96. The molecule has 1 N–H and O–H groups in total. The summed E-state index contributed by atoms with van der Waals surface area (Å²) in [7, 11) is 6.23. The second-order valence-corrected chi connectivity index (χ2v) is 5.35. The summed E-state index contributed by atoms with van der Waals surface area (Å²) in [5, 5.41) is 13.0. The second kappa shape index (κ2) is 8.07. The summed E-state index contributed by atoms with van der Waals surface area (Å²) in [6.07, 6.45) is 1.49. The number of nitrogens with zero attached hydrogens (tertiary/aromatic N) is 3. The molecule has 0 aliphatic carbocycles. The van der Waals surface area contributed by atoms with Gasteiger partial charge in [0.25, 0.3) is 5.91 Å². The second-order valence-electron chi connectivity index (χ2n) is 5.35. The van der Waals surface area contributed by atoms with Gasteiger partial charge < -0.3 is 18.8 Å². The lowest BCUT2D eigenvalue weighted by molar-refractivity contribution is 0.0954. The predicted octanol–water partition coefficient (Wildman–Crippen LogP) is 1.99. The van der Waals surface area contributed by atoms with Crippen molar-refractivity contribution in [3.05, 3.63) is 40.7 Å². The Hall–Kier alpha value is -3.47. The van der Waals surface area contributed by atoms with Crippen LogP contribution >= 0.6 is 0 Å². The first-order valence-corrected chi connectivity index (χ1v) is 7.66. The molecule has 1 amide bonds. The van der Waals surface area contributed by atoms with Gasteiger partial charge in [0, 0.05) is 23.9 Å². The van der Waals surface area contributed by atoms with Gasteiger partial charge in [0.1, 0.15) is 11.8 Å². The van der Waals surface area contributed by atoms with Gasteiger partial charge >= 0.3 is 0 Å². The fourth-order valence-corrected chi connectivity index (χ4v) is 2.40. The number of nitriles is 1. The molecule has 0 aliphatic rings. The van der Waals surface area contributed by atoms with E-state index in [1.807, 2.05) is 6.92 Å². The first kappa shape index (κ1) is 18.9. The summed E-state index contributed by atoms with van der Waals surface area (Å²) in [5.41, 5.74) is 4.88. The molecule has 1 aromatic heterocycles. The van der Waals surface area contributed by atoms with Gasteiger partial charge in [0.2, 0.25) is 5.75 Å². The molecule has 0 spiro atoms. The molecule has 26 heavy (non-hydrogen) atoms. The highest BCUT2D eigenvalue weighted by atomic mass is 16.5. The molecule has 1 aromatic carbocycles. The molecule has 0 aliphatic heterocycles. The highest BCUT2D eigenvalue weighted by Gasteiger charge is 2.16. The van der Waals surface area contributed by atoms with Crippen LogP contribution in [0.2, 0.25) is 0 Å². The number of benzene rings is 1. The van der Waals surface area contributed by atoms with Gasteiger partial charge in [0.05, 0.1) is 27.5 Å². The van der Waals surface area contributed by atoms with E-state index in [0.717, 1.165) is 11.3 Å². The maximum Gasteiger partial charge on any atom is 0.271 e. The monoisotopic (exact) mass is 356 g/mol. The summed E-state index contributed by atoms with van der Waals surface area (Å²) < 4.78 is 17.4. The van der Waals surface area contributed by atoms with Crippen LogP contribution in [-0.4, -0.2) is 38.0 Å². The summed E-state index contributed by atoms with van der Waals surface area (Å²) in [5.74, 6) is 0.714. The molecule has 0 radical (unpaired) electrons. The van der Waals surface area contributed by atoms with E-state index in [-0.39, 0.29) is 0 Å². The van der Waals surface area contributed by atoms with Crippen LogP contribution in [0, 0.1) is 18.3 Å². The fraction of sp³-hybridized carbons (Fsp3) is 0.278. The van der Waals surface area contributed by atoms with Crippen molar-refractivity contribution >= 4 is 12.1 Å². The van der Waals surface area contributed by atoms with Crippen molar-refractivity contribution in [3.63, 3.8) is 0 Å². The highest BCUT2D eigenvalue weighted by Crippen LogP contribution is 2.38. The molecular weight excluding hydrogens is 336 g/mol. The van der Waals surface area contributed by atoms with E-state index in [2.05, 4.69) is 16.6 Å². The first-order chi connectivity index (χ1) is 12.5. The van der Waals surface area contributed by atoms with E-state index in [1.165, 1.54) is 39.7 Å². The molecule has 0 unspecified atom stereocenters. The summed E-state index contributed by atoms with van der Waals surface area (Å²) >= 11 is 0. The Morgan fingerprint density at radius 1 is 1.19 bits per heavy atom. The Morgan fingerprint density at radius 3 is 2.27 bits per heavy atom. The largest absolute Gasteiger partial charge is 0.493 e. The molecule has 2 aromatic rings. The molecular formula is C18H20N4O4. The molecule has 136 valence electrons. The number of rotatable bonds is 6. The number of nitrogens with one attached hydrogen (secondary N) is 1. The number of hydrazone groups is 1. The van der Waals surface area contributed by atoms with Crippen LogP contribution in [0.4, 0.5) is 0 Å². The Labute approximate surface area is 151 Å². The van der Waals surface area contributed by atoms with E-state index in [9.17, 15) is 4.79 Å². The van der Waals surface area contributed by atoms with Crippen molar-refractivity contribution in [2.75, 3.05) is 21.3 Å². The molecule has 0 atom stereocenters. The average molecular weight is 356 g/mol. The van der Waals surface area contributed by atoms with Crippen molar-refractivity contribution < 1.29 is 19.0 Å². The van der Waals surface area contributed by atoms with Gasteiger partial charge in [-0.1, -0.05) is 0 Å². The van der Waals surface area contributed by atoms with Crippen LogP contribution < -0.4 is 19.6 Å². The third-order valence-corrected chi connectivity index (χ3v) is 3.99. The van der Waals surface area contributed by atoms with Crippen LogP contribution in [-0.2, 0) is 7.05 Å². The fourth-order valence-electron chi connectivity index (χ4n) is 2.40. The van der Waals surface area contributed by atoms with Crippen LogP contribution in [0.1, 0.15) is 27.3 Å². The van der Waals surface area contributed by atoms with E-state index < -0.39 is 5.91 Å². The minimum absolute atomic E-state index is 0.305. The number of methoxy groups -OCH3 is 3. The van der Waals surface area contributed by atoms with E-state index in [1.54, 1.807) is 17.7 Å². The molecule has 1 heterocycles. The van der Waals surface area contributed by atoms with Crippen LogP contribution in [0.3, 0.4) is 0 Å². The maximum absolute atomic E-state index is 12.3. The zero-order valence-electron chi connectivity index (χ0n) is 15.3. The normalized spacial score (nSPS) is 10.5. The van der Waals surface area contributed by atoms with Gasteiger partial charge in [-0.15, -0.1) is 0 Å². The van der Waals surface area contributed by atoms with E-state index in [4.69, 9.17) is 19.5 Å². The van der Waals surface area contributed by atoms with Crippen molar-refractivity contribution in [1.29, 1.82) is 5.26 Å². The van der Waals surface area contributed by atoms with E-state index >= 15 is 0 Å². The minimum atomic E-state index is -0.436. The summed E-state index contributed by atoms with van der Waals surface area (Å²) in [6.45, 7) is 1.86. The number of ether oxygens (including phenoxy) is 3.